The molecule has 1 atom stereocenters. The molecule has 2 heterocycles. The van der Waals surface area contributed by atoms with E-state index >= 15 is 0 Å². The minimum atomic E-state index is -0.664. The van der Waals surface area contributed by atoms with Gasteiger partial charge in [0.05, 0.1) is 5.69 Å². The van der Waals surface area contributed by atoms with Crippen LogP contribution in [-0.4, -0.2) is 44.6 Å². The molecule has 1 N–H and O–H groups in total. The topological polar surface area (TPSA) is 61.9 Å². The van der Waals surface area contributed by atoms with Gasteiger partial charge in [-0.3, -0.25) is 9.59 Å². The monoisotopic (exact) mass is 418 g/mol. The van der Waals surface area contributed by atoms with Gasteiger partial charge in [-0.15, -0.1) is 13.1 Å². The molecule has 1 radical (unpaired) electrons. The van der Waals surface area contributed by atoms with E-state index in [4.69, 9.17) is 4.74 Å². The zero-order valence-electron chi connectivity index (χ0n) is 14.7. The van der Waals surface area contributed by atoms with E-state index in [0.29, 0.717) is 5.75 Å². The maximum atomic E-state index is 12.6. The molecule has 25 heavy (non-hydrogen) atoms. The number of fused-ring (bicyclic) bond motifs is 1. The third-order valence-electron chi connectivity index (χ3n) is 4.35. The summed E-state index contributed by atoms with van der Waals surface area (Å²) in [7, 11) is 1.72. The van der Waals surface area contributed by atoms with Crippen LogP contribution in [0.25, 0.3) is 0 Å². The third-order valence-corrected chi connectivity index (χ3v) is 4.35. The molecule has 1 unspecified atom stereocenters. The van der Waals surface area contributed by atoms with Crippen molar-refractivity contribution in [3.63, 3.8) is 0 Å². The molecule has 2 amide bonds. The fraction of sp³-hybridized carbons (Fsp3) is 0.444. The molecular weight excluding hydrogens is 395 g/mol. The number of nitrogens with zero attached hydrogens (tertiary/aromatic N) is 2. The first-order valence-corrected chi connectivity index (χ1v) is 8.26. The first-order valence-electron chi connectivity index (χ1n) is 8.26. The molecule has 2 aliphatic rings. The normalized spacial score (nSPS) is 20.6. The van der Waals surface area contributed by atoms with Gasteiger partial charge in [0.1, 0.15) is 18.4 Å². The van der Waals surface area contributed by atoms with Crippen molar-refractivity contribution in [3.05, 3.63) is 31.0 Å². The minimum Gasteiger partial charge on any atom is -0.489 e. The number of hydrogen-bond acceptors (Lipinski definition) is 4. The molecule has 0 bridgehead atoms. The molecule has 0 aliphatic carbocycles. The van der Waals surface area contributed by atoms with Crippen molar-refractivity contribution in [2.75, 3.05) is 36.5 Å². The van der Waals surface area contributed by atoms with Crippen LogP contribution in [0.4, 0.5) is 11.4 Å². The summed E-state index contributed by atoms with van der Waals surface area (Å²) in [6.07, 6.45) is 6.74. The van der Waals surface area contributed by atoms with Crippen LogP contribution in [0.5, 0.6) is 5.75 Å². The predicted molar refractivity (Wildman–Crippen MR) is 93.0 cm³/mol. The number of benzene rings is 1. The predicted octanol–water partition coefficient (Wildman–Crippen LogP) is 1.55. The van der Waals surface area contributed by atoms with Crippen LogP contribution in [0, 0.1) is 12.8 Å². The Morgan fingerprint density at radius 1 is 1.28 bits per heavy atom. The summed E-state index contributed by atoms with van der Waals surface area (Å²) in [5.74, 6) is 0.243. The van der Waals surface area contributed by atoms with Crippen molar-refractivity contribution in [1.29, 1.82) is 0 Å². The minimum absolute atomic E-state index is 0. The summed E-state index contributed by atoms with van der Waals surface area (Å²) >= 11 is 0. The average molecular weight is 418 g/mol. The number of ether oxygens (including phenoxy) is 1. The summed E-state index contributed by atoms with van der Waals surface area (Å²) in [5, 5.41) is 2.65. The third kappa shape index (κ3) is 4.73. The van der Waals surface area contributed by atoms with E-state index in [9.17, 15) is 9.59 Å². The van der Waals surface area contributed by atoms with Crippen LogP contribution in [0.1, 0.15) is 19.8 Å². The van der Waals surface area contributed by atoms with Gasteiger partial charge in [0.15, 0.2) is 0 Å². The Balaban J connectivity index is 0.00000225. The molecule has 0 aromatic heterocycles. The Hall–Kier alpha value is -1.14. The summed E-state index contributed by atoms with van der Waals surface area (Å²) in [4.78, 5) is 27.7. The first kappa shape index (κ1) is 20.2. The Labute approximate surface area is 174 Å². The zero-order valence-corrected chi connectivity index (χ0v) is 17.5. The van der Waals surface area contributed by atoms with Gasteiger partial charge in [-0.1, -0.05) is 0 Å². The van der Waals surface area contributed by atoms with Gasteiger partial charge in [0, 0.05) is 52.4 Å². The molecule has 1 aromatic carbocycles. The van der Waals surface area contributed by atoms with Crippen LogP contribution >= 0.6 is 0 Å². The summed E-state index contributed by atoms with van der Waals surface area (Å²) < 4.78 is 5.76. The van der Waals surface area contributed by atoms with E-state index < -0.39 is 6.04 Å². The second-order valence-corrected chi connectivity index (χ2v) is 6.17. The van der Waals surface area contributed by atoms with Crippen LogP contribution < -0.4 is 19.9 Å². The van der Waals surface area contributed by atoms with E-state index in [1.54, 1.807) is 11.9 Å². The Morgan fingerprint density at radius 3 is 2.60 bits per heavy atom. The van der Waals surface area contributed by atoms with E-state index in [1.807, 2.05) is 18.2 Å². The molecule has 6 nitrogen and oxygen atoms in total. The van der Waals surface area contributed by atoms with Crippen LogP contribution in [0.3, 0.4) is 0 Å². The summed E-state index contributed by atoms with van der Waals surface area (Å²) in [6.45, 7) is 3.32. The molecule has 1 aromatic rings. The van der Waals surface area contributed by atoms with Gasteiger partial charge >= 0.3 is 0 Å². The maximum absolute atomic E-state index is 12.6. The van der Waals surface area contributed by atoms with Crippen molar-refractivity contribution in [2.24, 2.45) is 0 Å². The fourth-order valence-electron chi connectivity index (χ4n) is 3.05. The first-order chi connectivity index (χ1) is 11.6. The van der Waals surface area contributed by atoms with Gasteiger partial charge in [-0.25, -0.2) is 12.8 Å². The van der Waals surface area contributed by atoms with E-state index in [-0.39, 0.29) is 51.1 Å². The summed E-state index contributed by atoms with van der Waals surface area (Å²) in [5.41, 5.74) is 1.79. The Bertz CT molecular complexity index is 630. The van der Waals surface area contributed by atoms with Crippen molar-refractivity contribution < 1.29 is 47.0 Å². The molecule has 0 spiro atoms. The second kappa shape index (κ2) is 8.99. The van der Waals surface area contributed by atoms with Gasteiger partial charge in [-0.2, -0.15) is 0 Å². The fourth-order valence-corrected chi connectivity index (χ4v) is 3.05. The smallest absolute Gasteiger partial charge is 0.252 e. The second-order valence-electron chi connectivity index (χ2n) is 6.17. The number of rotatable bonds is 2. The van der Waals surface area contributed by atoms with Gasteiger partial charge in [0.25, 0.3) is 5.91 Å². The van der Waals surface area contributed by atoms with Crippen molar-refractivity contribution in [3.8, 4) is 5.75 Å². The van der Waals surface area contributed by atoms with E-state index in [1.165, 1.54) is 6.92 Å². The number of amides is 2. The zero-order chi connectivity index (χ0) is 17.1. The van der Waals surface area contributed by atoms with Crippen LogP contribution in [-0.2, 0) is 42.3 Å². The maximum Gasteiger partial charge on any atom is 0.252 e. The van der Waals surface area contributed by atoms with Crippen molar-refractivity contribution in [1.82, 2.24) is 5.32 Å². The molecule has 133 valence electrons. The van der Waals surface area contributed by atoms with Crippen LogP contribution in [0.2, 0.25) is 0 Å². The SMILES string of the molecule is CC(=O)NC1COc2ccc(N3C[CH-]CC[CH-]C3)cc2N(C)C1=O.[Y]. The number of hydrogen-bond donors (Lipinski definition) is 1. The summed E-state index contributed by atoms with van der Waals surface area (Å²) in [6, 6.07) is 5.23. The molecule has 0 saturated carbocycles. The van der Waals surface area contributed by atoms with Gasteiger partial charge in [-0.05, 0) is 18.2 Å². The molecular formula is C18H23N3O3Y-2. The number of likely N-dealkylation sites (N-methyl/N-ethyl adjacent to an activating group) is 1. The largest absolute Gasteiger partial charge is 0.489 e. The van der Waals surface area contributed by atoms with Crippen LogP contribution in [0.15, 0.2) is 18.2 Å². The van der Waals surface area contributed by atoms with Crippen molar-refractivity contribution >= 4 is 23.2 Å². The number of carbonyl (C=O) groups is 2. The molecule has 3 rings (SSSR count). The quantitative estimate of drug-likeness (QED) is 0.741. The number of carbonyl (C=O) groups excluding carboxylic acids is 2. The average Bonchev–Trinajstić information content (AvgIpc) is 2.90. The van der Waals surface area contributed by atoms with Gasteiger partial charge in [0.2, 0.25) is 5.91 Å². The Morgan fingerprint density at radius 2 is 1.96 bits per heavy atom. The molecule has 2 aliphatic heterocycles. The molecule has 7 heteroatoms. The van der Waals surface area contributed by atoms with E-state index in [0.717, 1.165) is 37.3 Å². The standard InChI is InChI=1S/C18H23N3O3.Y/c1-13(22)19-15-12-24-17-8-7-14(11-16(17)20(2)18(15)23)21-9-5-3-4-6-10-21;/h5-8,11,15H,3-4,9-10,12H2,1-2H3,(H,19,22);/q-2;. The van der Waals surface area contributed by atoms with Crippen molar-refractivity contribution in [2.45, 2.75) is 25.8 Å². The van der Waals surface area contributed by atoms with Gasteiger partial charge < -0.3 is 32.7 Å². The number of anilines is 2. The molecule has 1 fully saturated rings. The molecule has 1 saturated heterocycles. The Kier molecular flexibility index (Phi) is 7.26. The van der Waals surface area contributed by atoms with E-state index in [2.05, 4.69) is 23.1 Å². The number of nitrogens with one attached hydrogen (secondary N) is 1.